The number of non-ortho nitro benzene ring substituents is 1. The molecule has 0 amide bonds. The third-order valence-corrected chi connectivity index (χ3v) is 6.83. The van der Waals surface area contributed by atoms with E-state index in [1.165, 1.54) is 25.3 Å². The van der Waals surface area contributed by atoms with Gasteiger partial charge in [-0.15, -0.1) is 0 Å². The van der Waals surface area contributed by atoms with Crippen molar-refractivity contribution in [3.8, 4) is 5.75 Å². The van der Waals surface area contributed by atoms with Gasteiger partial charge in [0.1, 0.15) is 11.3 Å². The number of hydrogen-bond donors (Lipinski definition) is 1. The number of fused-ring (bicyclic) bond motifs is 1. The van der Waals surface area contributed by atoms with Crippen molar-refractivity contribution < 1.29 is 36.8 Å². The predicted octanol–water partition coefficient (Wildman–Crippen LogP) is 4.84. The number of rotatable bonds is 9. The fraction of sp³-hybridized carbons (Fsp3) is 0.0833. The number of nitro groups is 1. The third-order valence-electron chi connectivity index (χ3n) is 5.14. The maximum atomic E-state index is 13.0. The molecule has 1 N–H and O–H groups in total. The van der Waals surface area contributed by atoms with Gasteiger partial charge in [0.05, 0.1) is 33.2 Å². The van der Waals surface area contributed by atoms with Gasteiger partial charge in [-0.05, 0) is 36.4 Å². The van der Waals surface area contributed by atoms with Crippen LogP contribution >= 0.6 is 11.6 Å². The van der Waals surface area contributed by atoms with E-state index in [9.17, 15) is 28.1 Å². The number of hydrogen-bond acceptors (Lipinski definition) is 9. The van der Waals surface area contributed by atoms with Gasteiger partial charge in [-0.2, -0.15) is 0 Å². The number of nitrogens with one attached hydrogen (secondary N) is 1. The molecule has 37 heavy (non-hydrogen) atoms. The second-order valence-corrected chi connectivity index (χ2v) is 9.63. The molecular weight excluding hydrogens is 528 g/mol. The molecule has 0 fully saturated rings. The molecule has 190 valence electrons. The van der Waals surface area contributed by atoms with E-state index in [-0.39, 0.29) is 38.4 Å². The molecule has 11 nitrogen and oxygen atoms in total. The average Bonchev–Trinajstić information content (AvgIpc) is 3.31. The van der Waals surface area contributed by atoms with E-state index < -0.39 is 33.3 Å². The molecule has 0 atom stereocenters. The molecule has 1 heterocycles. The largest absolute Gasteiger partial charge is 0.495 e. The first-order valence-corrected chi connectivity index (χ1v) is 12.3. The summed E-state index contributed by atoms with van der Waals surface area (Å²) in [5.74, 6) is -1.62. The molecule has 4 rings (SSSR count). The lowest BCUT2D eigenvalue weighted by Crippen LogP contribution is -2.17. The van der Waals surface area contributed by atoms with E-state index in [1.807, 2.05) is 0 Å². The number of ether oxygens (including phenoxy) is 2. The lowest BCUT2D eigenvalue weighted by molar-refractivity contribution is -0.384. The summed E-state index contributed by atoms with van der Waals surface area (Å²) in [4.78, 5) is 35.1. The summed E-state index contributed by atoms with van der Waals surface area (Å²) in [6.07, 6.45) is 0. The Hall–Kier alpha value is -4.42. The number of sulfonamides is 1. The molecule has 4 aromatic rings. The number of nitrogens with zero attached hydrogens (tertiary/aromatic N) is 1. The molecule has 0 unspecified atom stereocenters. The van der Waals surface area contributed by atoms with E-state index in [0.29, 0.717) is 11.0 Å². The highest BCUT2D eigenvalue weighted by Gasteiger charge is 2.23. The van der Waals surface area contributed by atoms with Crippen LogP contribution in [0.4, 0.5) is 11.4 Å². The Kier molecular flexibility index (Phi) is 7.14. The first-order chi connectivity index (χ1) is 17.6. The van der Waals surface area contributed by atoms with Crippen molar-refractivity contribution in [2.24, 2.45) is 0 Å². The zero-order valence-corrected chi connectivity index (χ0v) is 20.5. The first kappa shape index (κ1) is 25.7. The maximum Gasteiger partial charge on any atom is 0.340 e. The zero-order chi connectivity index (χ0) is 26.7. The van der Waals surface area contributed by atoms with Crippen molar-refractivity contribution in [3.63, 3.8) is 0 Å². The molecule has 0 spiro atoms. The Morgan fingerprint density at radius 2 is 1.84 bits per heavy atom. The number of esters is 1. The number of methoxy groups -OCH3 is 1. The second-order valence-electron chi connectivity index (χ2n) is 7.54. The molecule has 1 aromatic heterocycles. The number of ketones is 1. The van der Waals surface area contributed by atoms with Crippen LogP contribution in [0, 0.1) is 10.1 Å². The fourth-order valence-electron chi connectivity index (χ4n) is 3.32. The predicted molar refractivity (Wildman–Crippen MR) is 133 cm³/mol. The van der Waals surface area contributed by atoms with Gasteiger partial charge in [0, 0.05) is 17.5 Å². The summed E-state index contributed by atoms with van der Waals surface area (Å²) >= 11 is 6.08. The quantitative estimate of drug-likeness (QED) is 0.135. The first-order valence-electron chi connectivity index (χ1n) is 10.4. The molecule has 0 saturated carbocycles. The van der Waals surface area contributed by atoms with Gasteiger partial charge in [0.25, 0.3) is 15.7 Å². The summed E-state index contributed by atoms with van der Waals surface area (Å²) in [7, 11) is -3.09. The fourth-order valence-corrected chi connectivity index (χ4v) is 4.60. The summed E-state index contributed by atoms with van der Waals surface area (Å²) in [6, 6.07) is 15.1. The van der Waals surface area contributed by atoms with Crippen molar-refractivity contribution in [2.45, 2.75) is 4.90 Å². The minimum absolute atomic E-state index is 0.00785. The Bertz CT molecular complexity index is 1610. The number of carbonyl (C=O) groups excluding carboxylic acids is 2. The molecule has 0 aliphatic heterocycles. The van der Waals surface area contributed by atoms with E-state index in [2.05, 4.69) is 4.72 Å². The smallest absolute Gasteiger partial charge is 0.340 e. The van der Waals surface area contributed by atoms with Gasteiger partial charge in [0.2, 0.25) is 5.78 Å². The van der Waals surface area contributed by atoms with Crippen molar-refractivity contribution in [1.29, 1.82) is 0 Å². The normalized spacial score (nSPS) is 11.2. The third kappa shape index (κ3) is 5.55. The van der Waals surface area contributed by atoms with Crippen LogP contribution in [0.5, 0.6) is 5.75 Å². The van der Waals surface area contributed by atoms with Crippen molar-refractivity contribution in [3.05, 3.63) is 93.2 Å². The summed E-state index contributed by atoms with van der Waals surface area (Å²) in [5.41, 5.74) is -0.376. The highest BCUT2D eigenvalue weighted by molar-refractivity contribution is 7.92. The van der Waals surface area contributed by atoms with E-state index in [4.69, 9.17) is 25.5 Å². The van der Waals surface area contributed by atoms with Gasteiger partial charge in [-0.25, -0.2) is 13.2 Å². The SMILES string of the molecule is COc1ccc([N+](=O)[O-])cc1NS(=O)(=O)c1ccc(Cl)c(C(=O)OCC(=O)c2cc3ccccc3o2)c1. The van der Waals surface area contributed by atoms with Crippen molar-refractivity contribution in [1.82, 2.24) is 0 Å². The molecule has 0 aliphatic rings. The van der Waals surface area contributed by atoms with Gasteiger partial charge in [-0.3, -0.25) is 19.6 Å². The number of anilines is 1. The van der Waals surface area contributed by atoms with Crippen molar-refractivity contribution in [2.75, 3.05) is 18.4 Å². The van der Waals surface area contributed by atoms with Gasteiger partial charge in [-0.1, -0.05) is 29.8 Å². The summed E-state index contributed by atoms with van der Waals surface area (Å²) < 4.78 is 43.7. The van der Waals surface area contributed by atoms with Gasteiger partial charge < -0.3 is 13.9 Å². The number of Topliss-reactive ketones (excluding diaryl/α,β-unsaturated/α-hetero) is 1. The molecule has 0 radical (unpaired) electrons. The van der Waals surface area contributed by atoms with Crippen LogP contribution < -0.4 is 9.46 Å². The highest BCUT2D eigenvalue weighted by atomic mass is 35.5. The van der Waals surface area contributed by atoms with Gasteiger partial charge in [0.15, 0.2) is 12.4 Å². The Morgan fingerprint density at radius 3 is 2.54 bits per heavy atom. The monoisotopic (exact) mass is 544 g/mol. The van der Waals surface area contributed by atoms with Crippen LogP contribution in [0.15, 0.2) is 76.0 Å². The lowest BCUT2D eigenvalue weighted by Gasteiger charge is -2.13. The van der Waals surface area contributed by atoms with E-state index in [0.717, 1.165) is 24.3 Å². The van der Waals surface area contributed by atoms with Crippen molar-refractivity contribution >= 4 is 55.7 Å². The zero-order valence-electron chi connectivity index (χ0n) is 19.0. The van der Waals surface area contributed by atoms with Crippen LogP contribution in [0.2, 0.25) is 5.02 Å². The second kappa shape index (κ2) is 10.3. The van der Waals surface area contributed by atoms with Crippen LogP contribution in [0.3, 0.4) is 0 Å². The lowest BCUT2D eigenvalue weighted by atomic mass is 10.2. The molecule has 0 aliphatic carbocycles. The van der Waals surface area contributed by atoms with E-state index >= 15 is 0 Å². The number of furan rings is 1. The molecule has 3 aromatic carbocycles. The van der Waals surface area contributed by atoms with Crippen LogP contribution in [0.1, 0.15) is 20.9 Å². The standard InChI is InChI=1S/C24H17ClN2O9S/c1-34-22-9-6-15(27(30)31)11-19(22)26-37(32,33)16-7-8-18(25)17(12-16)24(29)35-13-20(28)23-10-14-4-2-3-5-21(14)36-23/h2-12,26H,13H2,1H3. The molecular formula is C24H17ClN2O9S. The summed E-state index contributed by atoms with van der Waals surface area (Å²) in [5, 5.41) is 11.7. The molecule has 13 heteroatoms. The molecule has 0 saturated heterocycles. The number of benzene rings is 3. The number of nitro benzene ring substituents is 1. The number of carbonyl (C=O) groups is 2. The number of para-hydroxylation sites is 1. The van der Waals surface area contributed by atoms with Crippen LogP contribution in [-0.2, 0) is 14.8 Å². The summed E-state index contributed by atoms with van der Waals surface area (Å²) in [6.45, 7) is -0.672. The van der Waals surface area contributed by atoms with Gasteiger partial charge >= 0.3 is 5.97 Å². The maximum absolute atomic E-state index is 13.0. The average molecular weight is 545 g/mol. The highest BCUT2D eigenvalue weighted by Crippen LogP contribution is 2.31. The van der Waals surface area contributed by atoms with Crippen LogP contribution in [-0.4, -0.2) is 38.8 Å². The molecule has 0 bridgehead atoms. The topological polar surface area (TPSA) is 155 Å². The Labute approximate surface area is 214 Å². The van der Waals surface area contributed by atoms with E-state index in [1.54, 1.807) is 24.3 Å². The number of halogens is 1. The Morgan fingerprint density at radius 1 is 1.08 bits per heavy atom. The van der Waals surface area contributed by atoms with Crippen LogP contribution in [0.25, 0.3) is 11.0 Å². The minimum Gasteiger partial charge on any atom is -0.495 e. The minimum atomic E-state index is -4.35. The Balaban J connectivity index is 1.53.